The van der Waals surface area contributed by atoms with Gasteiger partial charge < -0.3 is 5.11 Å². The highest BCUT2D eigenvalue weighted by atomic mass is 35.5. The number of halogens is 2. The Labute approximate surface area is 120 Å². The van der Waals surface area contributed by atoms with Crippen molar-refractivity contribution in [1.29, 1.82) is 0 Å². The second-order valence-corrected chi connectivity index (χ2v) is 4.95. The zero-order valence-electron chi connectivity index (χ0n) is 9.77. The third-order valence-corrected chi connectivity index (χ3v) is 3.54. The predicted molar refractivity (Wildman–Crippen MR) is 78.9 cm³/mol. The largest absolute Gasteiger partial charge is 0.507 e. The molecule has 0 radical (unpaired) electrons. The van der Waals surface area contributed by atoms with E-state index in [1.54, 1.807) is 24.3 Å². The molecule has 94 valence electrons. The van der Waals surface area contributed by atoms with Crippen LogP contribution in [0.4, 0.5) is 0 Å². The molecule has 1 aromatic heterocycles. The fraction of sp³-hybridized carbons (Fsp3) is 0. The van der Waals surface area contributed by atoms with Crippen molar-refractivity contribution < 1.29 is 5.11 Å². The highest BCUT2D eigenvalue weighted by molar-refractivity contribution is 6.36. The molecular formula is C15H9Cl2NO. The summed E-state index contributed by atoms with van der Waals surface area (Å²) < 4.78 is 0. The molecule has 0 aliphatic carbocycles. The lowest BCUT2D eigenvalue weighted by Gasteiger charge is -2.08. The quantitative estimate of drug-likeness (QED) is 0.690. The lowest BCUT2D eigenvalue weighted by Crippen LogP contribution is -1.88. The monoisotopic (exact) mass is 289 g/mol. The number of hydrogen-bond donors (Lipinski definition) is 1. The zero-order chi connectivity index (χ0) is 13.4. The highest BCUT2D eigenvalue weighted by Gasteiger charge is 2.12. The van der Waals surface area contributed by atoms with Crippen molar-refractivity contribution in [3.8, 4) is 17.0 Å². The Morgan fingerprint density at radius 1 is 0.895 bits per heavy atom. The first kappa shape index (κ1) is 12.3. The number of hydrogen-bond acceptors (Lipinski definition) is 2. The van der Waals surface area contributed by atoms with E-state index >= 15 is 0 Å². The Kier molecular flexibility index (Phi) is 3.05. The molecule has 0 spiro atoms. The van der Waals surface area contributed by atoms with Crippen molar-refractivity contribution in [3.63, 3.8) is 0 Å². The maximum absolute atomic E-state index is 9.94. The van der Waals surface area contributed by atoms with Crippen LogP contribution in [0.2, 0.25) is 10.0 Å². The molecule has 0 saturated carbocycles. The molecule has 2 aromatic carbocycles. The number of phenolic OH excluding ortho intramolecular Hbond substituents is 1. The number of aromatic nitrogens is 1. The van der Waals surface area contributed by atoms with E-state index in [4.69, 9.17) is 23.2 Å². The van der Waals surface area contributed by atoms with Crippen LogP contribution < -0.4 is 0 Å². The van der Waals surface area contributed by atoms with Crippen LogP contribution in [0.3, 0.4) is 0 Å². The molecular weight excluding hydrogens is 281 g/mol. The van der Waals surface area contributed by atoms with Crippen LogP contribution in [0.5, 0.6) is 5.75 Å². The molecule has 0 fully saturated rings. The maximum Gasteiger partial charge on any atom is 0.126 e. The summed E-state index contributed by atoms with van der Waals surface area (Å²) in [6, 6.07) is 14.3. The van der Waals surface area contributed by atoms with E-state index in [-0.39, 0.29) is 5.75 Å². The second-order valence-electron chi connectivity index (χ2n) is 4.14. The summed E-state index contributed by atoms with van der Waals surface area (Å²) in [5.74, 6) is 0.0892. The predicted octanol–water partition coefficient (Wildman–Crippen LogP) is 4.91. The first-order chi connectivity index (χ1) is 9.16. The van der Waals surface area contributed by atoms with Crippen LogP contribution in [-0.2, 0) is 0 Å². The fourth-order valence-electron chi connectivity index (χ4n) is 2.03. The van der Waals surface area contributed by atoms with Gasteiger partial charge >= 0.3 is 0 Å². The van der Waals surface area contributed by atoms with Crippen LogP contribution in [0.1, 0.15) is 0 Å². The molecule has 0 unspecified atom stereocenters. The summed E-state index contributed by atoms with van der Waals surface area (Å²) >= 11 is 12.4. The zero-order valence-corrected chi connectivity index (χ0v) is 11.3. The summed E-state index contributed by atoms with van der Waals surface area (Å²) in [5, 5.41) is 11.8. The van der Waals surface area contributed by atoms with Gasteiger partial charge in [0.15, 0.2) is 0 Å². The molecule has 0 saturated heterocycles. The number of nitrogens with zero attached hydrogens (tertiary/aromatic N) is 1. The van der Waals surface area contributed by atoms with Gasteiger partial charge in [0, 0.05) is 5.39 Å². The molecule has 1 heterocycles. The number of benzene rings is 2. The minimum Gasteiger partial charge on any atom is -0.507 e. The molecule has 0 aliphatic rings. The summed E-state index contributed by atoms with van der Waals surface area (Å²) in [6.07, 6.45) is 0. The molecule has 1 N–H and O–H groups in total. The van der Waals surface area contributed by atoms with Gasteiger partial charge in [-0.1, -0.05) is 47.5 Å². The van der Waals surface area contributed by atoms with Gasteiger partial charge in [0.2, 0.25) is 0 Å². The fourth-order valence-corrected chi connectivity index (χ4v) is 2.56. The Morgan fingerprint density at radius 3 is 2.47 bits per heavy atom. The number of fused-ring (bicyclic) bond motifs is 1. The first-order valence-corrected chi connectivity index (χ1v) is 6.45. The summed E-state index contributed by atoms with van der Waals surface area (Å²) in [5.41, 5.74) is 1.83. The number of phenols is 1. The smallest absolute Gasteiger partial charge is 0.126 e. The van der Waals surface area contributed by atoms with Crippen LogP contribution in [0.25, 0.3) is 22.2 Å². The molecule has 0 amide bonds. The van der Waals surface area contributed by atoms with Crippen molar-refractivity contribution in [2.75, 3.05) is 0 Å². The van der Waals surface area contributed by atoms with E-state index in [0.29, 0.717) is 21.3 Å². The van der Waals surface area contributed by atoms with E-state index < -0.39 is 0 Å². The standard InChI is InChI=1S/C15H9Cl2NO/c16-10-5-3-7-14(19)15(10)13-8-11(17)9-4-1-2-6-12(9)18-13/h1-8,19H. The molecule has 2 nitrogen and oxygen atoms in total. The third kappa shape index (κ3) is 2.14. The maximum atomic E-state index is 9.94. The average molecular weight is 290 g/mol. The Morgan fingerprint density at radius 2 is 1.68 bits per heavy atom. The Balaban J connectivity index is 2.32. The summed E-state index contributed by atoms with van der Waals surface area (Å²) in [6.45, 7) is 0. The van der Waals surface area contributed by atoms with Gasteiger partial charge in [-0.15, -0.1) is 0 Å². The topological polar surface area (TPSA) is 33.1 Å². The van der Waals surface area contributed by atoms with Gasteiger partial charge in [0.05, 0.1) is 26.8 Å². The number of rotatable bonds is 1. The summed E-state index contributed by atoms with van der Waals surface area (Å²) in [7, 11) is 0. The Hall–Kier alpha value is -1.77. The highest BCUT2D eigenvalue weighted by Crippen LogP contribution is 2.37. The van der Waals surface area contributed by atoms with Gasteiger partial charge in [0.1, 0.15) is 5.75 Å². The molecule has 0 atom stereocenters. The van der Waals surface area contributed by atoms with Crippen molar-refractivity contribution in [1.82, 2.24) is 4.98 Å². The van der Waals surface area contributed by atoms with Crippen molar-refractivity contribution in [2.45, 2.75) is 0 Å². The van der Waals surface area contributed by atoms with Gasteiger partial charge in [-0.25, -0.2) is 4.98 Å². The van der Waals surface area contributed by atoms with E-state index in [9.17, 15) is 5.11 Å². The normalized spacial score (nSPS) is 10.8. The number of pyridine rings is 1. The number of aromatic hydroxyl groups is 1. The lowest BCUT2D eigenvalue weighted by molar-refractivity contribution is 0.477. The summed E-state index contributed by atoms with van der Waals surface area (Å²) in [4.78, 5) is 4.50. The van der Waals surface area contributed by atoms with Gasteiger partial charge in [-0.3, -0.25) is 0 Å². The molecule has 0 bridgehead atoms. The SMILES string of the molecule is Oc1cccc(Cl)c1-c1cc(Cl)c2ccccc2n1. The Bertz CT molecular complexity index is 751. The van der Waals surface area contributed by atoms with E-state index in [0.717, 1.165) is 10.9 Å². The molecule has 4 heteroatoms. The second kappa shape index (κ2) is 4.72. The van der Waals surface area contributed by atoms with Crippen LogP contribution in [0.15, 0.2) is 48.5 Å². The van der Waals surface area contributed by atoms with Crippen molar-refractivity contribution in [2.24, 2.45) is 0 Å². The first-order valence-electron chi connectivity index (χ1n) is 5.70. The number of para-hydroxylation sites is 1. The van der Waals surface area contributed by atoms with E-state index in [1.165, 1.54) is 0 Å². The minimum atomic E-state index is 0.0892. The van der Waals surface area contributed by atoms with Crippen LogP contribution in [0, 0.1) is 0 Å². The van der Waals surface area contributed by atoms with E-state index in [2.05, 4.69) is 4.98 Å². The van der Waals surface area contributed by atoms with Gasteiger partial charge in [-0.05, 0) is 24.3 Å². The minimum absolute atomic E-state index is 0.0892. The molecule has 3 aromatic rings. The molecule has 0 aliphatic heterocycles. The van der Waals surface area contributed by atoms with Crippen LogP contribution >= 0.6 is 23.2 Å². The third-order valence-electron chi connectivity index (χ3n) is 2.91. The van der Waals surface area contributed by atoms with Crippen molar-refractivity contribution in [3.05, 3.63) is 58.6 Å². The molecule has 3 rings (SSSR count). The van der Waals surface area contributed by atoms with E-state index in [1.807, 2.05) is 24.3 Å². The van der Waals surface area contributed by atoms with Gasteiger partial charge in [-0.2, -0.15) is 0 Å². The van der Waals surface area contributed by atoms with Crippen LogP contribution in [-0.4, -0.2) is 10.1 Å². The average Bonchev–Trinajstić information content (AvgIpc) is 2.38. The van der Waals surface area contributed by atoms with Crippen molar-refractivity contribution >= 4 is 34.1 Å². The molecule has 19 heavy (non-hydrogen) atoms. The van der Waals surface area contributed by atoms with Gasteiger partial charge in [0.25, 0.3) is 0 Å². The lowest BCUT2D eigenvalue weighted by atomic mass is 10.1.